The van der Waals surface area contributed by atoms with Gasteiger partial charge in [0.25, 0.3) is 0 Å². The molecule has 0 saturated heterocycles. The molecule has 3 rings (SSSR count). The van der Waals surface area contributed by atoms with Gasteiger partial charge in [-0.2, -0.15) is 0 Å². The topological polar surface area (TPSA) is 49.4 Å². The van der Waals surface area contributed by atoms with E-state index in [-0.39, 0.29) is 36.0 Å². The summed E-state index contributed by atoms with van der Waals surface area (Å²) in [6.45, 7) is 5.95. The number of amides is 2. The fourth-order valence-electron chi connectivity index (χ4n) is 4.45. The molecule has 0 bridgehead atoms. The maximum Gasteiger partial charge on any atom is 0.242 e. The number of hydrogen-bond acceptors (Lipinski definition) is 3. The van der Waals surface area contributed by atoms with Crippen molar-refractivity contribution in [2.75, 3.05) is 5.75 Å². The van der Waals surface area contributed by atoms with E-state index in [2.05, 4.69) is 37.4 Å². The quantitative estimate of drug-likeness (QED) is 0.523. The third kappa shape index (κ3) is 7.60. The number of benzene rings is 2. The minimum Gasteiger partial charge on any atom is -0.352 e. The molecule has 0 spiro atoms. The van der Waals surface area contributed by atoms with E-state index in [1.165, 1.54) is 45.8 Å². The molecule has 0 aromatic heterocycles. The van der Waals surface area contributed by atoms with Crippen LogP contribution in [-0.2, 0) is 21.9 Å². The molecule has 2 aromatic carbocycles. The lowest BCUT2D eigenvalue weighted by molar-refractivity contribution is -0.139. The Kier molecular flexibility index (Phi) is 9.36. The molecule has 1 fully saturated rings. The SMILES string of the molecule is Cc1cc(C)cc(CSCC(=O)N(Cc2ccccc2F)[C@H](C)C(=O)NC2CCCCC2)c1. The molecular formula is C27H35FN2O2S. The summed E-state index contributed by atoms with van der Waals surface area (Å²) in [5, 5.41) is 3.12. The van der Waals surface area contributed by atoms with E-state index in [9.17, 15) is 14.0 Å². The van der Waals surface area contributed by atoms with Crippen molar-refractivity contribution in [2.24, 2.45) is 0 Å². The van der Waals surface area contributed by atoms with Gasteiger partial charge in [-0.1, -0.05) is 66.8 Å². The summed E-state index contributed by atoms with van der Waals surface area (Å²) in [7, 11) is 0. The standard InChI is InChI=1S/C27H35FN2O2S/c1-19-13-20(2)15-22(14-19)17-33-18-26(31)30(16-23-9-7-8-12-25(23)28)21(3)27(32)29-24-10-5-4-6-11-24/h7-9,12-15,21,24H,4-6,10-11,16-18H2,1-3H3,(H,29,32)/t21-/m1/s1. The van der Waals surface area contributed by atoms with Crippen molar-refractivity contribution in [1.29, 1.82) is 0 Å². The molecule has 1 atom stereocenters. The van der Waals surface area contributed by atoms with E-state index < -0.39 is 6.04 Å². The molecule has 2 aromatic rings. The van der Waals surface area contributed by atoms with E-state index in [1.54, 1.807) is 25.1 Å². The first kappa shape index (κ1) is 25.3. The van der Waals surface area contributed by atoms with Crippen LogP contribution in [-0.4, -0.2) is 34.6 Å². The van der Waals surface area contributed by atoms with Crippen LogP contribution in [0.2, 0.25) is 0 Å². The second-order valence-electron chi connectivity index (χ2n) is 9.12. The van der Waals surface area contributed by atoms with Gasteiger partial charge in [0, 0.05) is 23.9 Å². The Labute approximate surface area is 201 Å². The van der Waals surface area contributed by atoms with Gasteiger partial charge in [0.2, 0.25) is 11.8 Å². The van der Waals surface area contributed by atoms with E-state index in [0.29, 0.717) is 11.3 Å². The summed E-state index contributed by atoms with van der Waals surface area (Å²) in [6, 6.07) is 12.3. The third-order valence-electron chi connectivity index (χ3n) is 6.19. The Balaban J connectivity index is 1.67. The Morgan fingerprint density at radius 1 is 1.09 bits per heavy atom. The lowest BCUT2D eigenvalue weighted by Crippen LogP contribution is -2.51. The molecule has 0 unspecified atom stereocenters. The normalized spacial score (nSPS) is 15.2. The maximum atomic E-state index is 14.4. The fraction of sp³-hybridized carbons (Fsp3) is 0.481. The molecule has 0 aliphatic heterocycles. The van der Waals surface area contributed by atoms with Gasteiger partial charge in [-0.25, -0.2) is 4.39 Å². The smallest absolute Gasteiger partial charge is 0.242 e. The van der Waals surface area contributed by atoms with Crippen LogP contribution < -0.4 is 5.32 Å². The predicted molar refractivity (Wildman–Crippen MR) is 134 cm³/mol. The average Bonchev–Trinajstić information content (AvgIpc) is 2.78. The fourth-order valence-corrected chi connectivity index (χ4v) is 5.30. The van der Waals surface area contributed by atoms with Crippen molar-refractivity contribution in [3.8, 4) is 0 Å². The number of nitrogens with one attached hydrogen (secondary N) is 1. The number of nitrogens with zero attached hydrogens (tertiary/aromatic N) is 1. The van der Waals surface area contributed by atoms with Crippen LogP contribution in [0.4, 0.5) is 4.39 Å². The van der Waals surface area contributed by atoms with Crippen molar-refractivity contribution in [2.45, 2.75) is 77.3 Å². The Bertz CT molecular complexity index is 939. The maximum absolute atomic E-state index is 14.4. The monoisotopic (exact) mass is 470 g/mol. The number of carbonyl (C=O) groups is 2. The van der Waals surface area contributed by atoms with Crippen LogP contribution in [0.25, 0.3) is 0 Å². The summed E-state index contributed by atoms with van der Waals surface area (Å²) in [4.78, 5) is 27.7. The minimum atomic E-state index is -0.666. The highest BCUT2D eigenvalue weighted by molar-refractivity contribution is 7.99. The third-order valence-corrected chi connectivity index (χ3v) is 7.18. The number of carbonyl (C=O) groups excluding carboxylic acids is 2. The van der Waals surface area contributed by atoms with Crippen molar-refractivity contribution in [1.82, 2.24) is 10.2 Å². The number of aryl methyl sites for hydroxylation is 2. The number of thioether (sulfide) groups is 1. The van der Waals surface area contributed by atoms with Crippen LogP contribution in [0.3, 0.4) is 0 Å². The molecule has 1 aliphatic carbocycles. The Hall–Kier alpha value is -2.34. The van der Waals surface area contributed by atoms with Gasteiger partial charge in [0.15, 0.2) is 0 Å². The first-order chi connectivity index (χ1) is 15.8. The van der Waals surface area contributed by atoms with Crippen molar-refractivity contribution in [3.05, 3.63) is 70.5 Å². The lowest BCUT2D eigenvalue weighted by Gasteiger charge is -2.31. The summed E-state index contributed by atoms with van der Waals surface area (Å²) < 4.78 is 14.4. The Morgan fingerprint density at radius 2 is 1.76 bits per heavy atom. The zero-order valence-corrected chi connectivity index (χ0v) is 20.7. The molecule has 4 nitrogen and oxygen atoms in total. The first-order valence-corrected chi connectivity index (χ1v) is 13.0. The zero-order chi connectivity index (χ0) is 23.8. The van der Waals surface area contributed by atoms with E-state index in [1.807, 2.05) is 0 Å². The van der Waals surface area contributed by atoms with Gasteiger partial charge >= 0.3 is 0 Å². The molecule has 33 heavy (non-hydrogen) atoms. The molecule has 1 saturated carbocycles. The summed E-state index contributed by atoms with van der Waals surface area (Å²) in [5.41, 5.74) is 3.99. The highest BCUT2D eigenvalue weighted by atomic mass is 32.2. The van der Waals surface area contributed by atoms with Gasteiger partial charge in [-0.15, -0.1) is 11.8 Å². The van der Waals surface area contributed by atoms with Crippen LogP contribution in [0, 0.1) is 19.7 Å². The molecular weight excluding hydrogens is 435 g/mol. The summed E-state index contributed by atoms with van der Waals surface area (Å²) >= 11 is 1.52. The van der Waals surface area contributed by atoms with Crippen molar-refractivity contribution in [3.63, 3.8) is 0 Å². The minimum absolute atomic E-state index is 0.0782. The molecule has 6 heteroatoms. The average molecular weight is 471 g/mol. The summed E-state index contributed by atoms with van der Waals surface area (Å²) in [6.07, 6.45) is 5.40. The van der Waals surface area contributed by atoms with Crippen LogP contribution in [0.5, 0.6) is 0 Å². The number of halogens is 1. The van der Waals surface area contributed by atoms with Crippen LogP contribution in [0.1, 0.15) is 61.3 Å². The Morgan fingerprint density at radius 3 is 2.42 bits per heavy atom. The zero-order valence-electron chi connectivity index (χ0n) is 19.9. The molecule has 0 heterocycles. The van der Waals surface area contributed by atoms with Gasteiger partial charge in [0.05, 0.1) is 5.75 Å². The van der Waals surface area contributed by atoms with Crippen molar-refractivity contribution < 1.29 is 14.0 Å². The van der Waals surface area contributed by atoms with Gasteiger partial charge < -0.3 is 10.2 Å². The summed E-state index contributed by atoms with van der Waals surface area (Å²) in [5.74, 6) is 0.273. The van der Waals surface area contributed by atoms with E-state index >= 15 is 0 Å². The number of rotatable bonds is 9. The molecule has 2 amide bonds. The molecule has 1 aliphatic rings. The molecule has 178 valence electrons. The van der Waals surface area contributed by atoms with Gasteiger partial charge in [-0.05, 0) is 45.2 Å². The second-order valence-corrected chi connectivity index (χ2v) is 10.1. The van der Waals surface area contributed by atoms with Crippen molar-refractivity contribution >= 4 is 23.6 Å². The molecule has 0 radical (unpaired) electrons. The highest BCUT2D eigenvalue weighted by Crippen LogP contribution is 2.20. The second kappa shape index (κ2) is 12.2. The van der Waals surface area contributed by atoms with Crippen LogP contribution in [0.15, 0.2) is 42.5 Å². The first-order valence-electron chi connectivity index (χ1n) is 11.8. The largest absolute Gasteiger partial charge is 0.352 e. The highest BCUT2D eigenvalue weighted by Gasteiger charge is 2.28. The van der Waals surface area contributed by atoms with E-state index in [4.69, 9.17) is 0 Å². The van der Waals surface area contributed by atoms with Gasteiger partial charge in [-0.3, -0.25) is 9.59 Å². The lowest BCUT2D eigenvalue weighted by atomic mass is 9.95. The predicted octanol–water partition coefficient (Wildman–Crippen LogP) is 5.54. The van der Waals surface area contributed by atoms with Gasteiger partial charge in [0.1, 0.15) is 11.9 Å². The van der Waals surface area contributed by atoms with E-state index in [0.717, 1.165) is 25.7 Å². The number of hydrogen-bond donors (Lipinski definition) is 1. The molecule has 1 N–H and O–H groups in total. The van der Waals surface area contributed by atoms with Crippen LogP contribution >= 0.6 is 11.8 Å².